The topological polar surface area (TPSA) is 70.7 Å². The molecule has 0 aromatic carbocycles. The van der Waals surface area contributed by atoms with Gasteiger partial charge in [0, 0.05) is 6.04 Å². The zero-order chi connectivity index (χ0) is 10.5. The van der Waals surface area contributed by atoms with Crippen LogP contribution in [0.4, 0.5) is 5.82 Å². The van der Waals surface area contributed by atoms with Crippen molar-refractivity contribution >= 4 is 5.82 Å². The van der Waals surface area contributed by atoms with Crippen LogP contribution >= 0.6 is 0 Å². The van der Waals surface area contributed by atoms with E-state index < -0.39 is 5.69 Å². The van der Waals surface area contributed by atoms with Gasteiger partial charge in [-0.3, -0.25) is 0 Å². The second kappa shape index (κ2) is 4.91. The van der Waals surface area contributed by atoms with Crippen LogP contribution in [0.15, 0.2) is 11.0 Å². The molecule has 1 saturated carbocycles. The zero-order valence-corrected chi connectivity index (χ0v) is 8.70. The molecule has 82 valence electrons. The van der Waals surface area contributed by atoms with Crippen LogP contribution in [-0.2, 0) is 0 Å². The lowest BCUT2D eigenvalue weighted by molar-refractivity contribution is 0.616. The highest BCUT2D eigenvalue weighted by molar-refractivity contribution is 5.30. The summed E-state index contributed by atoms with van der Waals surface area (Å²) in [5.74, 6) is 0.589. The van der Waals surface area contributed by atoms with Gasteiger partial charge in [0.1, 0.15) is 0 Å². The van der Waals surface area contributed by atoms with E-state index in [1.165, 1.54) is 25.7 Å². The average Bonchev–Trinajstić information content (AvgIpc) is 2.46. The molecule has 1 aliphatic carbocycles. The van der Waals surface area contributed by atoms with Crippen LogP contribution in [0.5, 0.6) is 0 Å². The van der Waals surface area contributed by atoms with Crippen LogP contribution in [0, 0.1) is 0 Å². The molecule has 0 radical (unpaired) electrons. The van der Waals surface area contributed by atoms with Gasteiger partial charge in [0.25, 0.3) is 0 Å². The molecule has 1 fully saturated rings. The second-order valence-corrected chi connectivity index (χ2v) is 4.01. The second-order valence-electron chi connectivity index (χ2n) is 4.01. The molecule has 15 heavy (non-hydrogen) atoms. The van der Waals surface area contributed by atoms with Crippen molar-refractivity contribution < 1.29 is 0 Å². The number of aromatic amines is 1. The number of rotatable bonds is 2. The Morgan fingerprint density at radius 2 is 2.00 bits per heavy atom. The molecule has 0 atom stereocenters. The van der Waals surface area contributed by atoms with Crippen molar-refractivity contribution in [1.29, 1.82) is 0 Å². The Hall–Kier alpha value is -1.39. The first-order chi connectivity index (χ1) is 7.34. The molecule has 0 amide bonds. The van der Waals surface area contributed by atoms with Crippen LogP contribution in [0.2, 0.25) is 0 Å². The van der Waals surface area contributed by atoms with E-state index >= 15 is 0 Å². The standard InChI is InChI=1S/C10H16N4O/c15-10-13-9(7-11-14-10)12-8-5-3-1-2-4-6-8/h7-8H,1-6H2,(H2,12,13,14,15). The van der Waals surface area contributed by atoms with E-state index in [-0.39, 0.29) is 0 Å². The largest absolute Gasteiger partial charge is 0.366 e. The SMILES string of the molecule is O=c1nc(NC2CCCCCC2)cn[nH]1. The summed E-state index contributed by atoms with van der Waals surface area (Å²) >= 11 is 0. The highest BCUT2D eigenvalue weighted by atomic mass is 16.1. The lowest BCUT2D eigenvalue weighted by Gasteiger charge is -2.15. The van der Waals surface area contributed by atoms with E-state index in [4.69, 9.17) is 0 Å². The van der Waals surface area contributed by atoms with Crippen molar-refractivity contribution in [1.82, 2.24) is 15.2 Å². The predicted molar refractivity (Wildman–Crippen MR) is 57.8 cm³/mol. The Morgan fingerprint density at radius 3 is 2.67 bits per heavy atom. The minimum Gasteiger partial charge on any atom is -0.366 e. The maximum absolute atomic E-state index is 10.9. The van der Waals surface area contributed by atoms with Crippen molar-refractivity contribution in [3.05, 3.63) is 16.7 Å². The van der Waals surface area contributed by atoms with E-state index in [1.54, 1.807) is 6.20 Å². The van der Waals surface area contributed by atoms with Crippen LogP contribution in [0.25, 0.3) is 0 Å². The highest BCUT2D eigenvalue weighted by Gasteiger charge is 2.12. The molecule has 1 heterocycles. The number of nitrogens with one attached hydrogen (secondary N) is 2. The molecule has 2 N–H and O–H groups in total. The zero-order valence-electron chi connectivity index (χ0n) is 8.70. The Labute approximate surface area is 88.3 Å². The quantitative estimate of drug-likeness (QED) is 0.719. The number of H-pyrrole nitrogens is 1. The van der Waals surface area contributed by atoms with Crippen LogP contribution < -0.4 is 11.0 Å². The summed E-state index contributed by atoms with van der Waals surface area (Å²) in [6.45, 7) is 0. The summed E-state index contributed by atoms with van der Waals surface area (Å²) in [5, 5.41) is 9.24. The number of hydrogen-bond acceptors (Lipinski definition) is 4. The summed E-state index contributed by atoms with van der Waals surface area (Å²) in [4.78, 5) is 14.7. The van der Waals surface area contributed by atoms with Gasteiger partial charge < -0.3 is 5.32 Å². The van der Waals surface area contributed by atoms with E-state index in [0.29, 0.717) is 11.9 Å². The summed E-state index contributed by atoms with van der Waals surface area (Å²) < 4.78 is 0. The Morgan fingerprint density at radius 1 is 1.27 bits per heavy atom. The molecular formula is C10H16N4O. The van der Waals surface area contributed by atoms with E-state index in [2.05, 4.69) is 20.5 Å². The van der Waals surface area contributed by atoms with E-state index in [9.17, 15) is 4.79 Å². The first-order valence-electron chi connectivity index (χ1n) is 5.53. The monoisotopic (exact) mass is 208 g/mol. The maximum atomic E-state index is 10.9. The average molecular weight is 208 g/mol. The summed E-state index contributed by atoms with van der Waals surface area (Å²) in [7, 11) is 0. The fourth-order valence-electron chi connectivity index (χ4n) is 2.01. The van der Waals surface area contributed by atoms with Gasteiger partial charge in [0.05, 0.1) is 6.20 Å². The van der Waals surface area contributed by atoms with Crippen molar-refractivity contribution in [2.24, 2.45) is 0 Å². The lowest BCUT2D eigenvalue weighted by atomic mass is 10.1. The molecular weight excluding hydrogens is 192 g/mol. The van der Waals surface area contributed by atoms with Crippen LogP contribution in [0.3, 0.4) is 0 Å². The molecule has 1 aromatic heterocycles. The maximum Gasteiger partial charge on any atom is 0.363 e. The molecule has 0 unspecified atom stereocenters. The Balaban J connectivity index is 1.98. The molecule has 0 spiro atoms. The van der Waals surface area contributed by atoms with Gasteiger partial charge in [-0.2, -0.15) is 10.1 Å². The van der Waals surface area contributed by atoms with Gasteiger partial charge in [-0.1, -0.05) is 25.7 Å². The fraction of sp³-hybridized carbons (Fsp3) is 0.700. The third-order valence-electron chi connectivity index (χ3n) is 2.78. The molecule has 2 rings (SSSR count). The molecule has 0 saturated heterocycles. The molecule has 5 heteroatoms. The normalized spacial score (nSPS) is 18.4. The van der Waals surface area contributed by atoms with Crippen LogP contribution in [0.1, 0.15) is 38.5 Å². The number of nitrogens with zero attached hydrogens (tertiary/aromatic N) is 2. The smallest absolute Gasteiger partial charge is 0.363 e. The van der Waals surface area contributed by atoms with Crippen LogP contribution in [-0.4, -0.2) is 21.2 Å². The molecule has 0 bridgehead atoms. The molecule has 1 aliphatic rings. The number of anilines is 1. The third kappa shape index (κ3) is 3.04. The summed E-state index contributed by atoms with van der Waals surface area (Å²) in [6, 6.07) is 0.448. The van der Waals surface area contributed by atoms with Gasteiger partial charge in [0.2, 0.25) is 0 Å². The van der Waals surface area contributed by atoms with Gasteiger partial charge >= 0.3 is 5.69 Å². The number of aromatic nitrogens is 3. The Bertz CT molecular complexity index is 354. The third-order valence-corrected chi connectivity index (χ3v) is 2.78. The predicted octanol–water partition coefficient (Wildman–Crippen LogP) is 1.30. The van der Waals surface area contributed by atoms with Gasteiger partial charge in [-0.25, -0.2) is 9.89 Å². The lowest BCUT2D eigenvalue weighted by Crippen LogP contribution is -2.22. The minimum absolute atomic E-state index is 0.395. The first kappa shape index (κ1) is 10.1. The molecule has 5 nitrogen and oxygen atoms in total. The number of hydrogen-bond donors (Lipinski definition) is 2. The van der Waals surface area contributed by atoms with Crippen molar-refractivity contribution in [2.75, 3.05) is 5.32 Å². The summed E-state index contributed by atoms with van der Waals surface area (Å²) in [6.07, 6.45) is 9.04. The molecule has 0 aliphatic heterocycles. The Kier molecular flexibility index (Phi) is 3.32. The van der Waals surface area contributed by atoms with Gasteiger partial charge in [-0.05, 0) is 12.8 Å². The first-order valence-corrected chi connectivity index (χ1v) is 5.53. The minimum atomic E-state index is -0.395. The van der Waals surface area contributed by atoms with Crippen molar-refractivity contribution in [3.63, 3.8) is 0 Å². The van der Waals surface area contributed by atoms with Crippen molar-refractivity contribution in [3.8, 4) is 0 Å². The van der Waals surface area contributed by atoms with Gasteiger partial charge in [-0.15, -0.1) is 0 Å². The fourth-order valence-corrected chi connectivity index (χ4v) is 2.01. The van der Waals surface area contributed by atoms with Crippen molar-refractivity contribution in [2.45, 2.75) is 44.6 Å². The summed E-state index contributed by atoms with van der Waals surface area (Å²) in [5.41, 5.74) is -0.395. The van der Waals surface area contributed by atoms with E-state index in [0.717, 1.165) is 12.8 Å². The van der Waals surface area contributed by atoms with E-state index in [1.807, 2.05) is 0 Å². The van der Waals surface area contributed by atoms with Gasteiger partial charge in [0.15, 0.2) is 5.82 Å². The highest BCUT2D eigenvalue weighted by Crippen LogP contribution is 2.19. The molecule has 1 aromatic rings.